The zero-order chi connectivity index (χ0) is 17.6. The number of benzene rings is 2. The van der Waals surface area contributed by atoms with E-state index in [0.717, 1.165) is 23.4 Å². The lowest BCUT2D eigenvalue weighted by Crippen LogP contribution is -2.14. The number of rotatable bonds is 5. The number of nitrogens with zero attached hydrogens (tertiary/aromatic N) is 2. The molecule has 0 saturated carbocycles. The zero-order valence-electron chi connectivity index (χ0n) is 12.9. The first-order valence-corrected chi connectivity index (χ1v) is 8.37. The molecule has 1 heterocycles. The van der Waals surface area contributed by atoms with Crippen LogP contribution in [0.4, 0.5) is 14.5 Å². The Bertz CT molecular complexity index is 873. The van der Waals surface area contributed by atoms with Crippen molar-refractivity contribution in [1.82, 2.24) is 10.2 Å². The molecule has 0 atom stereocenters. The van der Waals surface area contributed by atoms with Gasteiger partial charge in [-0.2, -0.15) is 0 Å². The smallest absolute Gasteiger partial charge is 0.234 e. The number of hydrogen-bond donors (Lipinski definition) is 1. The van der Waals surface area contributed by atoms with Gasteiger partial charge in [-0.1, -0.05) is 42.1 Å². The molecule has 126 valence electrons. The Morgan fingerprint density at radius 1 is 0.960 bits per heavy atom. The molecule has 0 aliphatic heterocycles. The molecule has 4 nitrogen and oxygen atoms in total. The van der Waals surface area contributed by atoms with E-state index in [2.05, 4.69) is 15.5 Å². The normalized spacial score (nSPS) is 10.5. The number of anilines is 1. The number of thioether (sulfide) groups is 1. The lowest BCUT2D eigenvalue weighted by molar-refractivity contribution is -0.113. The standard InChI is InChI=1S/C18H13F2N3OS/c19-14-7-6-13(10-15(14)20)21-17(24)11-25-18-9-8-16(22-23-18)12-4-2-1-3-5-12/h1-10H,11H2,(H,21,24). The Kier molecular flexibility index (Phi) is 5.35. The molecule has 1 N–H and O–H groups in total. The number of carbonyl (C=O) groups excluding carboxylic acids is 1. The summed E-state index contributed by atoms with van der Waals surface area (Å²) in [5.74, 6) is -2.22. The van der Waals surface area contributed by atoms with Gasteiger partial charge in [0.1, 0.15) is 5.03 Å². The van der Waals surface area contributed by atoms with Gasteiger partial charge in [-0.15, -0.1) is 10.2 Å². The van der Waals surface area contributed by atoms with Crippen molar-refractivity contribution in [2.24, 2.45) is 0 Å². The van der Waals surface area contributed by atoms with Crippen LogP contribution in [-0.4, -0.2) is 21.9 Å². The first-order valence-electron chi connectivity index (χ1n) is 7.39. The van der Waals surface area contributed by atoms with E-state index >= 15 is 0 Å². The van der Waals surface area contributed by atoms with E-state index in [-0.39, 0.29) is 17.3 Å². The van der Waals surface area contributed by atoms with E-state index in [1.54, 1.807) is 6.07 Å². The van der Waals surface area contributed by atoms with Crippen LogP contribution in [0.25, 0.3) is 11.3 Å². The third-order valence-corrected chi connectivity index (χ3v) is 4.18. The zero-order valence-corrected chi connectivity index (χ0v) is 13.8. The van der Waals surface area contributed by atoms with Gasteiger partial charge in [-0.05, 0) is 24.3 Å². The van der Waals surface area contributed by atoms with E-state index < -0.39 is 11.6 Å². The topological polar surface area (TPSA) is 54.9 Å². The van der Waals surface area contributed by atoms with Crippen molar-refractivity contribution < 1.29 is 13.6 Å². The Hall–Kier alpha value is -2.80. The summed E-state index contributed by atoms with van der Waals surface area (Å²) < 4.78 is 26.0. The van der Waals surface area contributed by atoms with Crippen molar-refractivity contribution in [3.05, 3.63) is 72.3 Å². The number of nitrogens with one attached hydrogen (secondary N) is 1. The number of halogens is 2. The highest BCUT2D eigenvalue weighted by Crippen LogP contribution is 2.20. The van der Waals surface area contributed by atoms with E-state index in [1.807, 2.05) is 36.4 Å². The lowest BCUT2D eigenvalue weighted by Gasteiger charge is -2.05. The second kappa shape index (κ2) is 7.85. The second-order valence-corrected chi connectivity index (χ2v) is 6.08. The maximum atomic E-state index is 13.1. The van der Waals surface area contributed by atoms with Crippen LogP contribution in [0.5, 0.6) is 0 Å². The molecule has 3 rings (SSSR count). The molecular weight excluding hydrogens is 344 g/mol. The number of aromatic nitrogens is 2. The van der Waals surface area contributed by atoms with E-state index in [4.69, 9.17) is 0 Å². The van der Waals surface area contributed by atoms with Crippen LogP contribution in [0.3, 0.4) is 0 Å². The summed E-state index contributed by atoms with van der Waals surface area (Å²) in [4.78, 5) is 11.9. The molecule has 0 bridgehead atoms. The molecule has 0 aliphatic carbocycles. The maximum absolute atomic E-state index is 13.1. The monoisotopic (exact) mass is 357 g/mol. The average molecular weight is 357 g/mol. The van der Waals surface area contributed by atoms with Crippen molar-refractivity contribution >= 4 is 23.4 Å². The van der Waals surface area contributed by atoms with Gasteiger partial charge in [0, 0.05) is 17.3 Å². The van der Waals surface area contributed by atoms with Crippen LogP contribution in [0, 0.1) is 11.6 Å². The fraction of sp³-hybridized carbons (Fsp3) is 0.0556. The van der Waals surface area contributed by atoms with Crippen molar-refractivity contribution in [3.8, 4) is 11.3 Å². The molecule has 2 aromatic carbocycles. The highest BCUT2D eigenvalue weighted by molar-refractivity contribution is 7.99. The number of carbonyl (C=O) groups is 1. The SMILES string of the molecule is O=C(CSc1ccc(-c2ccccc2)nn1)Nc1ccc(F)c(F)c1. The van der Waals surface area contributed by atoms with Crippen LogP contribution in [-0.2, 0) is 4.79 Å². The van der Waals surface area contributed by atoms with Crippen molar-refractivity contribution in [3.63, 3.8) is 0 Å². The number of hydrogen-bond acceptors (Lipinski definition) is 4. The van der Waals surface area contributed by atoms with Crippen LogP contribution >= 0.6 is 11.8 Å². The van der Waals surface area contributed by atoms with E-state index in [0.29, 0.717) is 5.03 Å². The summed E-state index contributed by atoms with van der Waals surface area (Å²) in [6.45, 7) is 0. The first kappa shape index (κ1) is 17.0. The molecular formula is C18H13F2N3OS. The van der Waals surface area contributed by atoms with Gasteiger partial charge < -0.3 is 5.32 Å². The Labute approximate surface area is 147 Å². The molecule has 0 unspecified atom stereocenters. The summed E-state index contributed by atoms with van der Waals surface area (Å²) >= 11 is 1.21. The van der Waals surface area contributed by atoms with E-state index in [9.17, 15) is 13.6 Å². The van der Waals surface area contributed by atoms with Gasteiger partial charge in [-0.3, -0.25) is 4.79 Å². The fourth-order valence-electron chi connectivity index (χ4n) is 2.07. The predicted octanol–water partition coefficient (Wildman–Crippen LogP) is 4.15. The Morgan fingerprint density at radius 3 is 2.44 bits per heavy atom. The van der Waals surface area contributed by atoms with Gasteiger partial charge in [0.15, 0.2) is 11.6 Å². The van der Waals surface area contributed by atoms with Crippen LogP contribution in [0.15, 0.2) is 65.7 Å². The second-order valence-electron chi connectivity index (χ2n) is 5.09. The maximum Gasteiger partial charge on any atom is 0.234 e. The number of amides is 1. The summed E-state index contributed by atoms with van der Waals surface area (Å²) in [7, 11) is 0. The molecule has 0 fully saturated rings. The van der Waals surface area contributed by atoms with Gasteiger partial charge in [0.05, 0.1) is 11.4 Å². The summed E-state index contributed by atoms with van der Waals surface area (Å²) in [6, 6.07) is 16.5. The summed E-state index contributed by atoms with van der Waals surface area (Å²) in [6.07, 6.45) is 0. The van der Waals surface area contributed by atoms with E-state index in [1.165, 1.54) is 17.8 Å². The molecule has 7 heteroatoms. The quantitative estimate of drug-likeness (QED) is 0.697. The van der Waals surface area contributed by atoms with Gasteiger partial charge in [0.25, 0.3) is 0 Å². The lowest BCUT2D eigenvalue weighted by atomic mass is 10.1. The van der Waals surface area contributed by atoms with Gasteiger partial charge in [-0.25, -0.2) is 8.78 Å². The Morgan fingerprint density at radius 2 is 1.76 bits per heavy atom. The summed E-state index contributed by atoms with van der Waals surface area (Å²) in [5.41, 5.74) is 1.91. The van der Waals surface area contributed by atoms with Gasteiger partial charge in [0.2, 0.25) is 5.91 Å². The molecule has 25 heavy (non-hydrogen) atoms. The minimum absolute atomic E-state index is 0.0817. The van der Waals surface area contributed by atoms with Crippen LogP contribution in [0.1, 0.15) is 0 Å². The largest absolute Gasteiger partial charge is 0.325 e. The van der Waals surface area contributed by atoms with Gasteiger partial charge >= 0.3 is 0 Å². The molecule has 1 aromatic heterocycles. The van der Waals surface area contributed by atoms with Crippen LogP contribution < -0.4 is 5.32 Å². The third kappa shape index (κ3) is 4.60. The molecule has 0 aliphatic rings. The molecule has 1 amide bonds. The Balaban J connectivity index is 1.56. The average Bonchev–Trinajstić information content (AvgIpc) is 2.64. The predicted molar refractivity (Wildman–Crippen MR) is 93.2 cm³/mol. The highest BCUT2D eigenvalue weighted by atomic mass is 32.2. The minimum Gasteiger partial charge on any atom is -0.325 e. The molecule has 0 spiro atoms. The molecule has 0 saturated heterocycles. The van der Waals surface area contributed by atoms with Crippen molar-refractivity contribution in [2.75, 3.05) is 11.1 Å². The minimum atomic E-state index is -1.01. The third-order valence-electron chi connectivity index (χ3n) is 3.26. The van der Waals surface area contributed by atoms with Crippen LogP contribution in [0.2, 0.25) is 0 Å². The van der Waals surface area contributed by atoms with Crippen molar-refractivity contribution in [2.45, 2.75) is 5.03 Å². The van der Waals surface area contributed by atoms with Crippen molar-refractivity contribution in [1.29, 1.82) is 0 Å². The fourth-order valence-corrected chi connectivity index (χ4v) is 2.68. The summed E-state index contributed by atoms with van der Waals surface area (Å²) in [5, 5.41) is 11.3. The molecule has 0 radical (unpaired) electrons. The molecule has 3 aromatic rings. The first-order chi connectivity index (χ1) is 12.1. The highest BCUT2D eigenvalue weighted by Gasteiger charge is 2.08.